The van der Waals surface area contributed by atoms with Gasteiger partial charge in [0.15, 0.2) is 0 Å². The van der Waals surface area contributed by atoms with Gasteiger partial charge < -0.3 is 15.0 Å². The minimum Gasteiger partial charge on any atom is -0.328 e. The van der Waals surface area contributed by atoms with Gasteiger partial charge in [0.1, 0.15) is 12.3 Å². The van der Waals surface area contributed by atoms with Crippen molar-refractivity contribution in [3.05, 3.63) is 60.2 Å². The average molecular weight is 352 g/mol. The fourth-order valence-electron chi connectivity index (χ4n) is 2.83. The van der Waals surface area contributed by atoms with E-state index in [-0.39, 0.29) is 6.03 Å². The average Bonchev–Trinajstić information content (AvgIpc) is 2.70. The Bertz CT molecular complexity index is 683. The summed E-state index contributed by atoms with van der Waals surface area (Å²) in [4.78, 5) is 25.4. The van der Waals surface area contributed by atoms with Gasteiger partial charge in [-0.3, -0.25) is 0 Å². The highest BCUT2D eigenvalue weighted by Crippen LogP contribution is 2.21. The third-order valence-corrected chi connectivity index (χ3v) is 4.49. The molecule has 0 saturated carbocycles. The first kappa shape index (κ1) is 19.7. The quantitative estimate of drug-likeness (QED) is 0.520. The van der Waals surface area contributed by atoms with Crippen LogP contribution < -0.4 is 5.32 Å². The SMILES string of the molecule is CCCCCCN(C)C(=O)NC(C=O)c1ccc(-c2ccccc2)cc1. The van der Waals surface area contributed by atoms with Crippen molar-refractivity contribution in [2.75, 3.05) is 13.6 Å². The normalized spacial score (nSPS) is 11.6. The van der Waals surface area contributed by atoms with Crippen LogP contribution in [0, 0.1) is 0 Å². The fourth-order valence-corrected chi connectivity index (χ4v) is 2.83. The molecule has 1 atom stereocenters. The first-order valence-corrected chi connectivity index (χ1v) is 9.28. The number of urea groups is 1. The Kier molecular flexibility index (Phi) is 7.87. The predicted molar refractivity (Wildman–Crippen MR) is 106 cm³/mol. The Balaban J connectivity index is 1.95. The molecule has 0 aliphatic heterocycles. The lowest BCUT2D eigenvalue weighted by Gasteiger charge is -2.21. The minimum absolute atomic E-state index is 0.217. The summed E-state index contributed by atoms with van der Waals surface area (Å²) in [7, 11) is 1.77. The molecule has 2 amide bonds. The summed E-state index contributed by atoms with van der Waals surface area (Å²) in [5.41, 5.74) is 2.99. The van der Waals surface area contributed by atoms with Crippen LogP contribution in [0.5, 0.6) is 0 Å². The van der Waals surface area contributed by atoms with E-state index in [0.29, 0.717) is 6.54 Å². The summed E-state index contributed by atoms with van der Waals surface area (Å²) in [6.07, 6.45) is 5.23. The molecule has 2 aromatic rings. The molecule has 4 nitrogen and oxygen atoms in total. The zero-order chi connectivity index (χ0) is 18.8. The standard InChI is InChI=1S/C22H28N2O2/c1-3-4-5-9-16-24(2)22(26)23-21(17-25)20-14-12-19(13-15-20)18-10-7-6-8-11-18/h6-8,10-15,17,21H,3-5,9,16H2,1-2H3,(H,23,26). The Morgan fingerprint density at radius 1 is 1.00 bits per heavy atom. The number of hydrogen-bond acceptors (Lipinski definition) is 2. The molecular formula is C22H28N2O2. The van der Waals surface area contributed by atoms with E-state index in [9.17, 15) is 9.59 Å². The number of amides is 2. The van der Waals surface area contributed by atoms with E-state index in [1.54, 1.807) is 11.9 Å². The van der Waals surface area contributed by atoms with Gasteiger partial charge in [0.2, 0.25) is 0 Å². The van der Waals surface area contributed by atoms with Crippen LogP contribution in [-0.4, -0.2) is 30.8 Å². The van der Waals surface area contributed by atoms with Crippen molar-refractivity contribution in [2.45, 2.75) is 38.6 Å². The molecule has 0 fully saturated rings. The molecule has 0 aliphatic carbocycles. The van der Waals surface area contributed by atoms with Crippen molar-refractivity contribution in [2.24, 2.45) is 0 Å². The summed E-state index contributed by atoms with van der Waals surface area (Å²) in [6, 6.07) is 16.9. The lowest BCUT2D eigenvalue weighted by molar-refractivity contribution is -0.109. The fraction of sp³-hybridized carbons (Fsp3) is 0.364. The van der Waals surface area contributed by atoms with Gasteiger partial charge in [0.25, 0.3) is 0 Å². The minimum atomic E-state index is -0.634. The highest BCUT2D eigenvalue weighted by atomic mass is 16.2. The van der Waals surface area contributed by atoms with E-state index < -0.39 is 6.04 Å². The Hall–Kier alpha value is -2.62. The molecule has 2 rings (SSSR count). The Labute approximate surface area is 156 Å². The van der Waals surface area contributed by atoms with Crippen molar-refractivity contribution in [3.63, 3.8) is 0 Å². The molecule has 1 unspecified atom stereocenters. The smallest absolute Gasteiger partial charge is 0.317 e. The van der Waals surface area contributed by atoms with Crippen molar-refractivity contribution in [3.8, 4) is 11.1 Å². The molecule has 4 heteroatoms. The Morgan fingerprint density at radius 3 is 2.27 bits per heavy atom. The monoisotopic (exact) mass is 352 g/mol. The molecule has 0 aliphatic rings. The molecular weight excluding hydrogens is 324 g/mol. The lowest BCUT2D eigenvalue weighted by atomic mass is 10.0. The van der Waals surface area contributed by atoms with E-state index in [4.69, 9.17) is 0 Å². The van der Waals surface area contributed by atoms with Gasteiger partial charge in [0.05, 0.1) is 0 Å². The first-order chi connectivity index (χ1) is 12.7. The number of aldehydes is 1. The number of hydrogen-bond donors (Lipinski definition) is 1. The van der Waals surface area contributed by atoms with Gasteiger partial charge in [0, 0.05) is 13.6 Å². The number of nitrogens with one attached hydrogen (secondary N) is 1. The first-order valence-electron chi connectivity index (χ1n) is 9.28. The van der Waals surface area contributed by atoms with Crippen molar-refractivity contribution < 1.29 is 9.59 Å². The highest BCUT2D eigenvalue weighted by Gasteiger charge is 2.16. The van der Waals surface area contributed by atoms with Crippen LogP contribution in [-0.2, 0) is 4.79 Å². The van der Waals surface area contributed by atoms with E-state index in [1.807, 2.05) is 54.6 Å². The van der Waals surface area contributed by atoms with E-state index >= 15 is 0 Å². The van der Waals surface area contributed by atoms with E-state index in [2.05, 4.69) is 12.2 Å². The Morgan fingerprint density at radius 2 is 1.65 bits per heavy atom. The second-order valence-electron chi connectivity index (χ2n) is 6.53. The molecule has 138 valence electrons. The van der Waals surface area contributed by atoms with Gasteiger partial charge in [-0.15, -0.1) is 0 Å². The van der Waals surface area contributed by atoms with Gasteiger partial charge in [-0.2, -0.15) is 0 Å². The maximum Gasteiger partial charge on any atom is 0.317 e. The van der Waals surface area contributed by atoms with Crippen LogP contribution in [0.1, 0.15) is 44.2 Å². The van der Waals surface area contributed by atoms with Crippen molar-refractivity contribution in [1.29, 1.82) is 0 Å². The van der Waals surface area contributed by atoms with Crippen LogP contribution in [0.25, 0.3) is 11.1 Å². The van der Waals surface area contributed by atoms with Gasteiger partial charge in [-0.05, 0) is 23.1 Å². The van der Waals surface area contributed by atoms with Crippen LogP contribution in [0.2, 0.25) is 0 Å². The molecule has 1 N–H and O–H groups in total. The van der Waals surface area contributed by atoms with Crippen LogP contribution in [0.3, 0.4) is 0 Å². The maximum absolute atomic E-state index is 12.3. The summed E-state index contributed by atoms with van der Waals surface area (Å²) in [5, 5.41) is 2.80. The number of rotatable bonds is 9. The number of benzene rings is 2. The zero-order valence-corrected chi connectivity index (χ0v) is 15.7. The molecule has 0 spiro atoms. The summed E-state index contributed by atoms with van der Waals surface area (Å²) in [5.74, 6) is 0. The van der Waals surface area contributed by atoms with Gasteiger partial charge in [-0.25, -0.2) is 4.79 Å². The number of carbonyl (C=O) groups excluding carboxylic acids is 2. The molecule has 0 bridgehead atoms. The van der Waals surface area contributed by atoms with E-state index in [0.717, 1.165) is 35.8 Å². The van der Waals surface area contributed by atoms with Crippen LogP contribution in [0.4, 0.5) is 4.79 Å². The lowest BCUT2D eigenvalue weighted by Crippen LogP contribution is -2.40. The molecule has 0 saturated heterocycles. The number of unbranched alkanes of at least 4 members (excludes halogenated alkanes) is 3. The van der Waals surface area contributed by atoms with Gasteiger partial charge >= 0.3 is 6.03 Å². The number of nitrogens with zero attached hydrogens (tertiary/aromatic N) is 1. The number of carbonyl (C=O) groups is 2. The van der Waals surface area contributed by atoms with Gasteiger partial charge in [-0.1, -0.05) is 80.8 Å². The topological polar surface area (TPSA) is 49.4 Å². The maximum atomic E-state index is 12.3. The van der Waals surface area contributed by atoms with E-state index in [1.165, 1.54) is 12.8 Å². The predicted octanol–water partition coefficient (Wildman–Crippen LogP) is 4.82. The summed E-state index contributed by atoms with van der Waals surface area (Å²) < 4.78 is 0. The summed E-state index contributed by atoms with van der Waals surface area (Å²) >= 11 is 0. The molecule has 0 aromatic heterocycles. The molecule has 2 aromatic carbocycles. The second-order valence-corrected chi connectivity index (χ2v) is 6.53. The van der Waals surface area contributed by atoms with Crippen molar-refractivity contribution in [1.82, 2.24) is 10.2 Å². The zero-order valence-electron chi connectivity index (χ0n) is 15.7. The third kappa shape index (κ3) is 5.73. The largest absolute Gasteiger partial charge is 0.328 e. The van der Waals surface area contributed by atoms with Crippen LogP contribution in [0.15, 0.2) is 54.6 Å². The highest BCUT2D eigenvalue weighted by molar-refractivity contribution is 5.79. The third-order valence-electron chi connectivity index (χ3n) is 4.49. The van der Waals surface area contributed by atoms with Crippen LogP contribution >= 0.6 is 0 Å². The van der Waals surface area contributed by atoms with Crippen molar-refractivity contribution >= 4 is 12.3 Å². The second kappa shape index (κ2) is 10.4. The molecule has 0 radical (unpaired) electrons. The molecule has 0 heterocycles. The molecule has 26 heavy (non-hydrogen) atoms. The summed E-state index contributed by atoms with van der Waals surface area (Å²) in [6.45, 7) is 2.86.